The zero-order valence-electron chi connectivity index (χ0n) is 17.6. The van der Waals surface area contributed by atoms with Crippen molar-refractivity contribution in [2.75, 3.05) is 26.2 Å². The Hall–Kier alpha value is -2.59. The third-order valence-corrected chi connectivity index (χ3v) is 6.17. The predicted molar refractivity (Wildman–Crippen MR) is 117 cm³/mol. The largest absolute Gasteiger partial charge is 0.482 e. The average molecular weight is 391 g/mol. The van der Waals surface area contributed by atoms with Crippen molar-refractivity contribution in [1.82, 2.24) is 10.2 Å². The first-order valence-corrected chi connectivity index (χ1v) is 10.7. The second-order valence-corrected chi connectivity index (χ2v) is 7.98. The van der Waals surface area contributed by atoms with Crippen LogP contribution in [0.4, 0.5) is 0 Å². The first kappa shape index (κ1) is 19.7. The van der Waals surface area contributed by atoms with Gasteiger partial charge in [-0.1, -0.05) is 24.3 Å². The van der Waals surface area contributed by atoms with Crippen molar-refractivity contribution in [3.05, 3.63) is 70.8 Å². The standard InChI is InChI=1S/C25H30N2O2/c1-4-27(5-2)24(28)20-11-9-19(10-12-20)21-17-25(13-15-26-16-14-25)29-22-8-6-7-18(3)23(21)22/h6-12,17,26H,4-5,13-16H2,1-3H3. The number of nitrogens with one attached hydrogen (secondary N) is 1. The minimum absolute atomic E-state index is 0.0916. The summed E-state index contributed by atoms with van der Waals surface area (Å²) in [5.74, 6) is 1.06. The summed E-state index contributed by atoms with van der Waals surface area (Å²) in [6.07, 6.45) is 4.25. The molecule has 0 bridgehead atoms. The normalized spacial score (nSPS) is 17.3. The monoisotopic (exact) mass is 390 g/mol. The Morgan fingerprint density at radius 2 is 1.76 bits per heavy atom. The highest BCUT2D eigenvalue weighted by Gasteiger charge is 2.37. The number of hydrogen-bond acceptors (Lipinski definition) is 3. The molecule has 29 heavy (non-hydrogen) atoms. The average Bonchev–Trinajstić information content (AvgIpc) is 2.74. The second-order valence-electron chi connectivity index (χ2n) is 7.98. The van der Waals surface area contributed by atoms with Crippen LogP contribution in [-0.4, -0.2) is 42.6 Å². The minimum Gasteiger partial charge on any atom is -0.482 e. The predicted octanol–water partition coefficient (Wildman–Crippen LogP) is 4.42. The van der Waals surface area contributed by atoms with E-state index in [9.17, 15) is 4.79 Å². The van der Waals surface area contributed by atoms with E-state index in [1.807, 2.05) is 30.9 Å². The number of carbonyl (C=O) groups is 1. The zero-order valence-corrected chi connectivity index (χ0v) is 17.6. The molecule has 1 saturated heterocycles. The summed E-state index contributed by atoms with van der Waals surface area (Å²) in [5.41, 5.74) is 5.22. The van der Waals surface area contributed by atoms with Crippen LogP contribution in [-0.2, 0) is 0 Å². The molecule has 1 fully saturated rings. The third kappa shape index (κ3) is 3.69. The molecule has 0 aliphatic carbocycles. The number of piperidine rings is 1. The van der Waals surface area contributed by atoms with Gasteiger partial charge in [0.15, 0.2) is 0 Å². The van der Waals surface area contributed by atoms with Gasteiger partial charge in [-0.05, 0) is 74.8 Å². The maximum atomic E-state index is 12.7. The van der Waals surface area contributed by atoms with Gasteiger partial charge in [0.05, 0.1) is 0 Å². The van der Waals surface area contributed by atoms with Crippen LogP contribution in [0.15, 0.2) is 48.5 Å². The molecule has 4 nitrogen and oxygen atoms in total. The summed E-state index contributed by atoms with van der Waals surface area (Å²) < 4.78 is 6.54. The molecule has 2 aliphatic rings. The van der Waals surface area contributed by atoms with Gasteiger partial charge in [0.1, 0.15) is 11.4 Å². The molecular weight excluding hydrogens is 360 g/mol. The van der Waals surface area contributed by atoms with Crippen LogP contribution in [0.25, 0.3) is 5.57 Å². The van der Waals surface area contributed by atoms with Crippen molar-refractivity contribution in [2.24, 2.45) is 0 Å². The van der Waals surface area contributed by atoms with Gasteiger partial charge in [0, 0.05) is 37.1 Å². The number of ether oxygens (including phenoxy) is 1. The molecule has 0 unspecified atom stereocenters. The van der Waals surface area contributed by atoms with E-state index in [1.54, 1.807) is 0 Å². The van der Waals surface area contributed by atoms with Crippen molar-refractivity contribution in [2.45, 2.75) is 39.2 Å². The van der Waals surface area contributed by atoms with E-state index in [2.05, 4.69) is 48.6 Å². The van der Waals surface area contributed by atoms with E-state index in [0.717, 1.165) is 55.9 Å². The van der Waals surface area contributed by atoms with Crippen LogP contribution in [0.1, 0.15) is 53.7 Å². The van der Waals surface area contributed by atoms with Gasteiger partial charge >= 0.3 is 0 Å². The van der Waals surface area contributed by atoms with Gasteiger partial charge in [-0.3, -0.25) is 4.79 Å². The molecule has 1 N–H and O–H groups in total. The van der Waals surface area contributed by atoms with E-state index >= 15 is 0 Å². The lowest BCUT2D eigenvalue weighted by Crippen LogP contribution is -2.46. The fourth-order valence-electron chi connectivity index (χ4n) is 4.46. The SMILES string of the molecule is CCN(CC)C(=O)c1ccc(C2=CC3(CCNCC3)Oc3cccc(C)c32)cc1. The van der Waals surface area contributed by atoms with Crippen LogP contribution in [0.3, 0.4) is 0 Å². The number of fused-ring (bicyclic) bond motifs is 1. The number of hydrogen-bond donors (Lipinski definition) is 1. The first-order valence-electron chi connectivity index (χ1n) is 10.7. The molecule has 1 spiro atoms. The molecule has 2 aliphatic heterocycles. The molecule has 0 saturated carbocycles. The van der Waals surface area contributed by atoms with Gasteiger partial charge in [0.2, 0.25) is 0 Å². The summed E-state index contributed by atoms with van der Waals surface area (Å²) in [6.45, 7) is 9.53. The fourth-order valence-corrected chi connectivity index (χ4v) is 4.46. The Morgan fingerprint density at radius 1 is 1.07 bits per heavy atom. The molecular formula is C25H30N2O2. The molecule has 4 rings (SSSR count). The molecule has 1 amide bonds. The van der Waals surface area contributed by atoms with E-state index in [0.29, 0.717) is 0 Å². The maximum Gasteiger partial charge on any atom is 0.253 e. The second kappa shape index (κ2) is 8.03. The number of aryl methyl sites for hydroxylation is 1. The fraction of sp³-hybridized carbons (Fsp3) is 0.400. The number of nitrogens with zero attached hydrogens (tertiary/aromatic N) is 1. The van der Waals surface area contributed by atoms with Crippen molar-refractivity contribution >= 4 is 11.5 Å². The summed E-state index contributed by atoms with van der Waals surface area (Å²) in [5, 5.41) is 3.44. The van der Waals surface area contributed by atoms with Crippen LogP contribution >= 0.6 is 0 Å². The molecule has 0 atom stereocenters. The van der Waals surface area contributed by atoms with Gasteiger partial charge in [0.25, 0.3) is 5.91 Å². The number of rotatable bonds is 4. The quantitative estimate of drug-likeness (QED) is 0.840. The molecule has 152 valence electrons. The van der Waals surface area contributed by atoms with Crippen LogP contribution in [0, 0.1) is 6.92 Å². The van der Waals surface area contributed by atoms with Crippen molar-refractivity contribution < 1.29 is 9.53 Å². The topological polar surface area (TPSA) is 41.6 Å². The lowest BCUT2D eigenvalue weighted by Gasteiger charge is -2.40. The maximum absolute atomic E-state index is 12.7. The Bertz CT molecular complexity index is 920. The van der Waals surface area contributed by atoms with E-state index in [-0.39, 0.29) is 11.5 Å². The Kier molecular flexibility index (Phi) is 5.46. The molecule has 4 heteroatoms. The Balaban J connectivity index is 1.74. The lowest BCUT2D eigenvalue weighted by molar-refractivity contribution is 0.0772. The lowest BCUT2D eigenvalue weighted by atomic mass is 9.82. The van der Waals surface area contributed by atoms with Crippen molar-refractivity contribution in [3.8, 4) is 5.75 Å². The van der Waals surface area contributed by atoms with Gasteiger partial charge < -0.3 is 15.0 Å². The summed E-state index contributed by atoms with van der Waals surface area (Å²) >= 11 is 0. The van der Waals surface area contributed by atoms with Crippen LogP contribution < -0.4 is 10.1 Å². The van der Waals surface area contributed by atoms with Gasteiger partial charge in [-0.2, -0.15) is 0 Å². The molecule has 2 aromatic rings. The number of amides is 1. The summed E-state index contributed by atoms with van der Waals surface area (Å²) in [4.78, 5) is 14.5. The number of benzene rings is 2. The van der Waals surface area contributed by atoms with E-state index in [1.165, 1.54) is 16.7 Å². The minimum atomic E-state index is -0.253. The highest BCUT2D eigenvalue weighted by molar-refractivity contribution is 5.95. The smallest absolute Gasteiger partial charge is 0.253 e. The Morgan fingerprint density at radius 3 is 2.41 bits per heavy atom. The third-order valence-electron chi connectivity index (χ3n) is 6.17. The van der Waals surface area contributed by atoms with Crippen molar-refractivity contribution in [1.29, 1.82) is 0 Å². The van der Waals surface area contributed by atoms with Crippen molar-refractivity contribution in [3.63, 3.8) is 0 Å². The zero-order chi connectivity index (χ0) is 20.4. The van der Waals surface area contributed by atoms with E-state index in [4.69, 9.17) is 4.74 Å². The molecule has 0 radical (unpaired) electrons. The molecule has 2 heterocycles. The van der Waals surface area contributed by atoms with Gasteiger partial charge in [-0.15, -0.1) is 0 Å². The van der Waals surface area contributed by atoms with Crippen LogP contribution in [0.5, 0.6) is 5.75 Å². The Labute approximate surface area is 173 Å². The van der Waals surface area contributed by atoms with E-state index < -0.39 is 0 Å². The highest BCUT2D eigenvalue weighted by atomic mass is 16.5. The highest BCUT2D eigenvalue weighted by Crippen LogP contribution is 2.43. The number of carbonyl (C=O) groups excluding carboxylic acids is 1. The first-order chi connectivity index (χ1) is 14.1. The summed E-state index contributed by atoms with van der Waals surface area (Å²) in [6, 6.07) is 14.4. The molecule has 0 aromatic heterocycles. The van der Waals surface area contributed by atoms with Crippen LogP contribution in [0.2, 0.25) is 0 Å². The summed E-state index contributed by atoms with van der Waals surface area (Å²) in [7, 11) is 0. The molecule has 2 aromatic carbocycles. The van der Waals surface area contributed by atoms with Gasteiger partial charge in [-0.25, -0.2) is 0 Å².